The highest BCUT2D eigenvalue weighted by atomic mass is 19.1. The summed E-state index contributed by atoms with van der Waals surface area (Å²) in [6.45, 7) is 11.0. The summed E-state index contributed by atoms with van der Waals surface area (Å²) >= 11 is 0. The fourth-order valence-corrected chi connectivity index (χ4v) is 1.57. The van der Waals surface area contributed by atoms with Crippen LogP contribution < -0.4 is 10.6 Å². The molecule has 3 nitrogen and oxygen atoms in total. The van der Waals surface area contributed by atoms with Gasteiger partial charge < -0.3 is 10.6 Å². The molecule has 2 N–H and O–H groups in total. The van der Waals surface area contributed by atoms with E-state index in [1.807, 2.05) is 0 Å². The largest absolute Gasteiger partial charge is 0.370 e. The number of anilines is 1. The van der Waals surface area contributed by atoms with Gasteiger partial charge in [-0.3, -0.25) is 0 Å². The summed E-state index contributed by atoms with van der Waals surface area (Å²) in [7, 11) is 0. The summed E-state index contributed by atoms with van der Waals surface area (Å²) in [4.78, 5) is 4.12. The summed E-state index contributed by atoms with van der Waals surface area (Å²) in [6, 6.07) is 1.54. The van der Waals surface area contributed by atoms with Crippen molar-refractivity contribution in [2.45, 2.75) is 34.2 Å². The van der Waals surface area contributed by atoms with E-state index in [-0.39, 0.29) is 5.82 Å². The number of aromatic nitrogens is 1. The molecular formula is C14H24FN3. The molecule has 0 fully saturated rings. The molecule has 0 radical (unpaired) electrons. The molecule has 0 atom stereocenters. The number of nitrogens with zero attached hydrogens (tertiary/aromatic N) is 1. The normalized spacial score (nSPS) is 11.3. The monoisotopic (exact) mass is 253 g/mol. The molecule has 0 aliphatic rings. The lowest BCUT2D eigenvalue weighted by Crippen LogP contribution is -2.21. The summed E-state index contributed by atoms with van der Waals surface area (Å²) in [6.07, 6.45) is 1.26. The second kappa shape index (κ2) is 7.31. The Kier molecular flexibility index (Phi) is 6.05. The Morgan fingerprint density at radius 3 is 2.44 bits per heavy atom. The standard InChI is InChI=1S/C14H24FN3/c1-10(2)6-16-8-12-5-13(15)9-18-14(12)17-7-11(3)4/h5,9-11,16H,6-8H2,1-4H3,(H,17,18). The molecule has 0 aliphatic carbocycles. The van der Waals surface area contributed by atoms with E-state index >= 15 is 0 Å². The highest BCUT2D eigenvalue weighted by Crippen LogP contribution is 2.14. The summed E-state index contributed by atoms with van der Waals surface area (Å²) in [5.41, 5.74) is 0.885. The van der Waals surface area contributed by atoms with Crippen LogP contribution in [0.2, 0.25) is 0 Å². The molecular weight excluding hydrogens is 229 g/mol. The molecule has 102 valence electrons. The highest BCUT2D eigenvalue weighted by molar-refractivity contribution is 5.43. The molecule has 1 aromatic heterocycles. The first kappa shape index (κ1) is 14.9. The Hall–Kier alpha value is -1.16. The Balaban J connectivity index is 2.64. The van der Waals surface area contributed by atoms with Crippen LogP contribution in [0.25, 0.3) is 0 Å². The smallest absolute Gasteiger partial charge is 0.141 e. The molecule has 0 unspecified atom stereocenters. The van der Waals surface area contributed by atoms with E-state index in [2.05, 4.69) is 43.3 Å². The molecule has 0 amide bonds. The van der Waals surface area contributed by atoms with Gasteiger partial charge in [-0.15, -0.1) is 0 Å². The average Bonchev–Trinajstić information content (AvgIpc) is 2.27. The van der Waals surface area contributed by atoms with Gasteiger partial charge in [0.2, 0.25) is 0 Å². The van der Waals surface area contributed by atoms with Crippen molar-refractivity contribution in [3.05, 3.63) is 23.6 Å². The van der Waals surface area contributed by atoms with Crippen molar-refractivity contribution in [1.29, 1.82) is 0 Å². The first-order valence-corrected chi connectivity index (χ1v) is 6.58. The van der Waals surface area contributed by atoms with Crippen LogP contribution in [0.15, 0.2) is 12.3 Å². The average molecular weight is 253 g/mol. The minimum absolute atomic E-state index is 0.286. The number of pyridine rings is 1. The minimum atomic E-state index is -0.286. The SMILES string of the molecule is CC(C)CNCc1cc(F)cnc1NCC(C)C. The van der Waals surface area contributed by atoms with Crippen molar-refractivity contribution in [3.8, 4) is 0 Å². The zero-order chi connectivity index (χ0) is 13.5. The van der Waals surface area contributed by atoms with Crippen molar-refractivity contribution in [3.63, 3.8) is 0 Å². The maximum atomic E-state index is 13.2. The van der Waals surface area contributed by atoms with Crippen LogP contribution in [0.5, 0.6) is 0 Å². The van der Waals surface area contributed by atoms with E-state index in [0.717, 1.165) is 24.5 Å². The van der Waals surface area contributed by atoms with Gasteiger partial charge in [-0.2, -0.15) is 0 Å². The lowest BCUT2D eigenvalue weighted by atomic mass is 10.2. The van der Waals surface area contributed by atoms with Crippen LogP contribution in [0, 0.1) is 17.7 Å². The Morgan fingerprint density at radius 2 is 1.83 bits per heavy atom. The number of halogens is 1. The molecule has 0 aliphatic heterocycles. The first-order chi connectivity index (χ1) is 8.49. The zero-order valence-corrected chi connectivity index (χ0v) is 11.8. The molecule has 0 saturated carbocycles. The fourth-order valence-electron chi connectivity index (χ4n) is 1.57. The minimum Gasteiger partial charge on any atom is -0.370 e. The maximum absolute atomic E-state index is 13.2. The third-order valence-electron chi connectivity index (χ3n) is 2.48. The van der Waals surface area contributed by atoms with E-state index in [4.69, 9.17) is 0 Å². The summed E-state index contributed by atoms with van der Waals surface area (Å²) in [5, 5.41) is 6.57. The maximum Gasteiger partial charge on any atom is 0.141 e. The second-order valence-electron chi connectivity index (χ2n) is 5.46. The van der Waals surface area contributed by atoms with Gasteiger partial charge in [0, 0.05) is 18.7 Å². The van der Waals surface area contributed by atoms with Crippen LogP contribution in [0.3, 0.4) is 0 Å². The number of rotatable bonds is 7. The van der Waals surface area contributed by atoms with Crippen molar-refractivity contribution < 1.29 is 4.39 Å². The van der Waals surface area contributed by atoms with Crippen molar-refractivity contribution in [2.24, 2.45) is 11.8 Å². The molecule has 0 bridgehead atoms. The predicted octanol–water partition coefficient (Wildman–Crippen LogP) is 3.03. The molecule has 0 spiro atoms. The molecule has 18 heavy (non-hydrogen) atoms. The zero-order valence-electron chi connectivity index (χ0n) is 11.8. The van der Waals surface area contributed by atoms with E-state index in [9.17, 15) is 4.39 Å². The number of hydrogen-bond acceptors (Lipinski definition) is 3. The Labute approximate surface area is 109 Å². The van der Waals surface area contributed by atoms with Gasteiger partial charge >= 0.3 is 0 Å². The van der Waals surface area contributed by atoms with Gasteiger partial charge in [0.15, 0.2) is 0 Å². The molecule has 1 aromatic rings. The van der Waals surface area contributed by atoms with E-state index in [0.29, 0.717) is 18.4 Å². The van der Waals surface area contributed by atoms with Crippen molar-refractivity contribution in [1.82, 2.24) is 10.3 Å². The first-order valence-electron chi connectivity index (χ1n) is 6.58. The molecule has 0 aromatic carbocycles. The molecule has 0 saturated heterocycles. The van der Waals surface area contributed by atoms with Crippen LogP contribution >= 0.6 is 0 Å². The summed E-state index contributed by atoms with van der Waals surface area (Å²) in [5.74, 6) is 1.61. The molecule has 1 heterocycles. The number of hydrogen-bond donors (Lipinski definition) is 2. The van der Waals surface area contributed by atoms with Crippen molar-refractivity contribution >= 4 is 5.82 Å². The van der Waals surface area contributed by atoms with Gasteiger partial charge in [0.05, 0.1) is 6.20 Å². The third kappa shape index (κ3) is 5.45. The number of nitrogens with one attached hydrogen (secondary N) is 2. The Morgan fingerprint density at radius 1 is 1.17 bits per heavy atom. The quantitative estimate of drug-likeness (QED) is 0.784. The van der Waals surface area contributed by atoms with Gasteiger partial charge in [-0.05, 0) is 24.4 Å². The lowest BCUT2D eigenvalue weighted by Gasteiger charge is -2.14. The lowest BCUT2D eigenvalue weighted by molar-refractivity contribution is 0.549. The predicted molar refractivity (Wildman–Crippen MR) is 74.1 cm³/mol. The third-order valence-corrected chi connectivity index (χ3v) is 2.48. The van der Waals surface area contributed by atoms with Crippen LogP contribution in [0.4, 0.5) is 10.2 Å². The topological polar surface area (TPSA) is 37.0 Å². The molecule has 4 heteroatoms. The Bertz CT molecular complexity index is 364. The van der Waals surface area contributed by atoms with E-state index < -0.39 is 0 Å². The van der Waals surface area contributed by atoms with Gasteiger partial charge in [-0.25, -0.2) is 9.37 Å². The van der Waals surface area contributed by atoms with Crippen LogP contribution in [-0.4, -0.2) is 18.1 Å². The molecule has 1 rings (SSSR count). The van der Waals surface area contributed by atoms with E-state index in [1.165, 1.54) is 6.20 Å². The van der Waals surface area contributed by atoms with E-state index in [1.54, 1.807) is 6.07 Å². The van der Waals surface area contributed by atoms with Gasteiger partial charge in [-0.1, -0.05) is 27.7 Å². The van der Waals surface area contributed by atoms with Crippen LogP contribution in [-0.2, 0) is 6.54 Å². The summed E-state index contributed by atoms with van der Waals surface area (Å²) < 4.78 is 13.2. The van der Waals surface area contributed by atoms with Gasteiger partial charge in [0.1, 0.15) is 11.6 Å². The second-order valence-corrected chi connectivity index (χ2v) is 5.46. The highest BCUT2D eigenvalue weighted by Gasteiger charge is 2.06. The fraction of sp³-hybridized carbons (Fsp3) is 0.643. The van der Waals surface area contributed by atoms with Crippen molar-refractivity contribution in [2.75, 3.05) is 18.4 Å². The van der Waals surface area contributed by atoms with Crippen LogP contribution in [0.1, 0.15) is 33.3 Å². The van der Waals surface area contributed by atoms with Gasteiger partial charge in [0.25, 0.3) is 0 Å².